The van der Waals surface area contributed by atoms with Crippen molar-refractivity contribution in [2.24, 2.45) is 0 Å². The molecular weight excluding hydrogens is 354 g/mol. The SMILES string of the molecule is Cc1nc(N)nc(C)c1OCC(=O)N(C)C1CCN(Cc2ccccc2)CC1. The molecule has 0 atom stereocenters. The van der Waals surface area contributed by atoms with Crippen LogP contribution in [0.4, 0.5) is 5.95 Å². The number of rotatable bonds is 6. The zero-order chi connectivity index (χ0) is 20.1. The van der Waals surface area contributed by atoms with Crippen molar-refractivity contribution in [3.05, 3.63) is 47.3 Å². The summed E-state index contributed by atoms with van der Waals surface area (Å²) >= 11 is 0. The highest BCUT2D eigenvalue weighted by molar-refractivity contribution is 5.77. The number of hydrogen-bond acceptors (Lipinski definition) is 6. The number of nitrogen functional groups attached to an aromatic ring is 1. The summed E-state index contributed by atoms with van der Waals surface area (Å²) in [7, 11) is 1.86. The maximum Gasteiger partial charge on any atom is 0.260 e. The number of likely N-dealkylation sites (N-methyl/N-ethyl adjacent to an activating group) is 1. The second kappa shape index (κ2) is 9.01. The Morgan fingerprint density at radius 3 is 2.39 bits per heavy atom. The van der Waals surface area contributed by atoms with Crippen molar-refractivity contribution < 1.29 is 9.53 Å². The van der Waals surface area contributed by atoms with Gasteiger partial charge >= 0.3 is 0 Å². The summed E-state index contributed by atoms with van der Waals surface area (Å²) in [5.74, 6) is 0.721. The van der Waals surface area contributed by atoms with Crippen LogP contribution in [0.1, 0.15) is 29.8 Å². The Bertz CT molecular complexity index is 781. The molecule has 1 saturated heterocycles. The largest absolute Gasteiger partial charge is 0.480 e. The third kappa shape index (κ3) is 4.98. The Hall–Kier alpha value is -2.67. The lowest BCUT2D eigenvalue weighted by atomic mass is 10.0. The van der Waals surface area contributed by atoms with Gasteiger partial charge in [0, 0.05) is 32.7 Å². The van der Waals surface area contributed by atoms with Gasteiger partial charge in [-0.3, -0.25) is 9.69 Å². The molecule has 0 saturated carbocycles. The lowest BCUT2D eigenvalue weighted by Crippen LogP contribution is -2.46. The van der Waals surface area contributed by atoms with Crippen molar-refractivity contribution in [3.8, 4) is 5.75 Å². The molecule has 1 aromatic heterocycles. The predicted molar refractivity (Wildman–Crippen MR) is 109 cm³/mol. The van der Waals surface area contributed by atoms with Gasteiger partial charge in [-0.15, -0.1) is 0 Å². The molecule has 2 N–H and O–H groups in total. The molecule has 1 aliphatic rings. The molecule has 2 heterocycles. The molecule has 2 aromatic rings. The Balaban J connectivity index is 1.48. The van der Waals surface area contributed by atoms with Crippen LogP contribution in [-0.4, -0.2) is 58.5 Å². The zero-order valence-corrected chi connectivity index (χ0v) is 16.9. The molecule has 150 valence electrons. The van der Waals surface area contributed by atoms with E-state index in [1.807, 2.05) is 18.0 Å². The van der Waals surface area contributed by atoms with Crippen LogP contribution in [-0.2, 0) is 11.3 Å². The lowest BCUT2D eigenvalue weighted by Gasteiger charge is -2.36. The molecule has 3 rings (SSSR count). The van der Waals surface area contributed by atoms with E-state index in [4.69, 9.17) is 10.5 Å². The summed E-state index contributed by atoms with van der Waals surface area (Å²) in [4.78, 5) is 25.1. The highest BCUT2D eigenvalue weighted by atomic mass is 16.5. The molecular formula is C21H29N5O2. The smallest absolute Gasteiger partial charge is 0.260 e. The number of aryl methyl sites for hydroxylation is 2. The van der Waals surface area contributed by atoms with Gasteiger partial charge < -0.3 is 15.4 Å². The van der Waals surface area contributed by atoms with E-state index < -0.39 is 0 Å². The van der Waals surface area contributed by atoms with Crippen LogP contribution in [0.5, 0.6) is 5.75 Å². The standard InChI is InChI=1S/C21H29N5O2/c1-15-20(16(2)24-21(22)23-15)28-14-19(27)25(3)18-9-11-26(12-10-18)13-17-7-5-4-6-8-17/h4-8,18H,9-14H2,1-3H3,(H2,22,23,24). The van der Waals surface area contributed by atoms with E-state index in [0.717, 1.165) is 32.5 Å². The maximum atomic E-state index is 12.6. The first-order valence-corrected chi connectivity index (χ1v) is 9.69. The van der Waals surface area contributed by atoms with Crippen LogP contribution in [0, 0.1) is 13.8 Å². The summed E-state index contributed by atoms with van der Waals surface area (Å²) in [6.07, 6.45) is 1.94. The molecule has 28 heavy (non-hydrogen) atoms. The number of nitrogens with zero attached hydrogens (tertiary/aromatic N) is 4. The van der Waals surface area contributed by atoms with E-state index in [0.29, 0.717) is 17.1 Å². The number of carbonyl (C=O) groups is 1. The van der Waals surface area contributed by atoms with E-state index in [9.17, 15) is 4.79 Å². The zero-order valence-electron chi connectivity index (χ0n) is 16.9. The van der Waals surface area contributed by atoms with Crippen molar-refractivity contribution in [2.45, 2.75) is 39.3 Å². The van der Waals surface area contributed by atoms with Crippen molar-refractivity contribution >= 4 is 11.9 Å². The summed E-state index contributed by atoms with van der Waals surface area (Å²) < 4.78 is 5.71. The average Bonchev–Trinajstić information content (AvgIpc) is 2.68. The molecule has 1 amide bonds. The van der Waals surface area contributed by atoms with E-state index in [1.54, 1.807) is 13.8 Å². The van der Waals surface area contributed by atoms with Crippen molar-refractivity contribution in [3.63, 3.8) is 0 Å². The fraction of sp³-hybridized carbons (Fsp3) is 0.476. The van der Waals surface area contributed by atoms with Crippen molar-refractivity contribution in [1.29, 1.82) is 0 Å². The number of hydrogen-bond donors (Lipinski definition) is 1. The lowest BCUT2D eigenvalue weighted by molar-refractivity contribution is -0.135. The Morgan fingerprint density at radius 2 is 1.79 bits per heavy atom. The van der Waals surface area contributed by atoms with Crippen LogP contribution < -0.4 is 10.5 Å². The average molecular weight is 383 g/mol. The number of amides is 1. The molecule has 1 aliphatic heterocycles. The monoisotopic (exact) mass is 383 g/mol. The van der Waals surface area contributed by atoms with Gasteiger partial charge in [-0.05, 0) is 32.3 Å². The van der Waals surface area contributed by atoms with Crippen LogP contribution in [0.2, 0.25) is 0 Å². The summed E-state index contributed by atoms with van der Waals surface area (Å²) in [6.45, 7) is 6.53. The van der Waals surface area contributed by atoms with Crippen LogP contribution in [0.25, 0.3) is 0 Å². The quantitative estimate of drug-likeness (QED) is 0.823. The highest BCUT2D eigenvalue weighted by Gasteiger charge is 2.26. The number of benzene rings is 1. The van der Waals surface area contributed by atoms with Crippen LogP contribution in [0.3, 0.4) is 0 Å². The van der Waals surface area contributed by atoms with E-state index in [-0.39, 0.29) is 24.5 Å². The van der Waals surface area contributed by atoms with Gasteiger partial charge in [-0.25, -0.2) is 9.97 Å². The normalized spacial score (nSPS) is 15.4. The minimum absolute atomic E-state index is 0.0182. The molecule has 0 spiro atoms. The predicted octanol–water partition coefficient (Wildman–Crippen LogP) is 2.18. The third-order valence-electron chi connectivity index (χ3n) is 5.31. The van der Waals surface area contributed by atoms with Gasteiger partial charge in [-0.1, -0.05) is 30.3 Å². The van der Waals surface area contributed by atoms with Gasteiger partial charge in [0.25, 0.3) is 5.91 Å². The minimum atomic E-state index is -0.0304. The molecule has 7 nitrogen and oxygen atoms in total. The molecule has 0 bridgehead atoms. The number of nitrogens with two attached hydrogens (primary N) is 1. The van der Waals surface area contributed by atoms with Crippen molar-refractivity contribution in [2.75, 3.05) is 32.5 Å². The minimum Gasteiger partial charge on any atom is -0.480 e. The van der Waals surface area contributed by atoms with Gasteiger partial charge in [0.15, 0.2) is 12.4 Å². The fourth-order valence-electron chi connectivity index (χ4n) is 3.69. The molecule has 7 heteroatoms. The number of piperidine rings is 1. The highest BCUT2D eigenvalue weighted by Crippen LogP contribution is 2.21. The number of ether oxygens (including phenoxy) is 1. The first-order valence-electron chi connectivity index (χ1n) is 9.69. The van der Waals surface area contributed by atoms with E-state index >= 15 is 0 Å². The van der Waals surface area contributed by atoms with Gasteiger partial charge in [-0.2, -0.15) is 0 Å². The molecule has 0 radical (unpaired) electrons. The molecule has 1 fully saturated rings. The third-order valence-corrected chi connectivity index (χ3v) is 5.31. The molecule has 0 unspecified atom stereocenters. The molecule has 0 aliphatic carbocycles. The molecule has 1 aromatic carbocycles. The summed E-state index contributed by atoms with van der Waals surface area (Å²) in [5.41, 5.74) is 8.26. The van der Waals surface area contributed by atoms with E-state index in [1.165, 1.54) is 5.56 Å². The van der Waals surface area contributed by atoms with Crippen LogP contribution >= 0.6 is 0 Å². The van der Waals surface area contributed by atoms with Gasteiger partial charge in [0.05, 0.1) is 11.4 Å². The van der Waals surface area contributed by atoms with Gasteiger partial charge in [0.1, 0.15) is 0 Å². The number of aromatic nitrogens is 2. The second-order valence-electron chi connectivity index (χ2n) is 7.37. The first-order chi connectivity index (χ1) is 13.4. The first kappa shape index (κ1) is 20.1. The topological polar surface area (TPSA) is 84.6 Å². The number of likely N-dealkylation sites (tertiary alicyclic amines) is 1. The Labute approximate surface area is 166 Å². The van der Waals surface area contributed by atoms with Crippen LogP contribution in [0.15, 0.2) is 30.3 Å². The Morgan fingerprint density at radius 1 is 1.18 bits per heavy atom. The number of carbonyl (C=O) groups excluding carboxylic acids is 1. The van der Waals surface area contributed by atoms with Gasteiger partial charge in [0.2, 0.25) is 5.95 Å². The second-order valence-corrected chi connectivity index (χ2v) is 7.37. The Kier molecular flexibility index (Phi) is 6.46. The number of anilines is 1. The van der Waals surface area contributed by atoms with E-state index in [2.05, 4.69) is 39.1 Å². The van der Waals surface area contributed by atoms with Crippen molar-refractivity contribution in [1.82, 2.24) is 19.8 Å². The maximum absolute atomic E-state index is 12.6. The summed E-state index contributed by atoms with van der Waals surface area (Å²) in [6, 6.07) is 10.7. The fourth-order valence-corrected chi connectivity index (χ4v) is 3.69. The summed E-state index contributed by atoms with van der Waals surface area (Å²) in [5, 5.41) is 0.